The molecule has 1 aromatic carbocycles. The van der Waals surface area contributed by atoms with Crippen LogP contribution in [0.3, 0.4) is 0 Å². The molecule has 0 saturated carbocycles. The summed E-state index contributed by atoms with van der Waals surface area (Å²) in [5.41, 5.74) is 1.68. The molecule has 2 aromatic rings. The van der Waals surface area contributed by atoms with E-state index in [-0.39, 0.29) is 11.9 Å². The van der Waals surface area contributed by atoms with Gasteiger partial charge < -0.3 is 5.32 Å². The third kappa shape index (κ3) is 5.22. The van der Waals surface area contributed by atoms with Gasteiger partial charge in [-0.05, 0) is 30.0 Å². The van der Waals surface area contributed by atoms with E-state index in [0.717, 1.165) is 5.56 Å². The first-order valence-electron chi connectivity index (χ1n) is 7.71. The minimum atomic E-state index is -0.00383. The first-order valence-corrected chi connectivity index (χ1v) is 7.71. The van der Waals surface area contributed by atoms with E-state index in [1.165, 1.54) is 0 Å². The van der Waals surface area contributed by atoms with Crippen molar-refractivity contribution >= 4 is 5.91 Å². The molecule has 1 N–H and O–H groups in total. The van der Waals surface area contributed by atoms with Gasteiger partial charge in [-0.1, -0.05) is 26.0 Å². The van der Waals surface area contributed by atoms with Crippen molar-refractivity contribution in [2.45, 2.75) is 39.3 Å². The molecular weight excluding hydrogens is 290 g/mol. The fraction of sp³-hybridized carbons (Fsp3) is 0.412. The highest BCUT2D eigenvalue weighted by atomic mass is 16.1. The van der Waals surface area contributed by atoms with E-state index in [9.17, 15) is 4.79 Å². The molecule has 1 atom stereocenters. The predicted molar refractivity (Wildman–Crippen MR) is 86.3 cm³/mol. The van der Waals surface area contributed by atoms with Crippen LogP contribution >= 0.6 is 0 Å². The standard InChI is InChI=1S/C17H21N5O/c1-13(2)16(12-22-19-9-10-20-22)21-17(23)8-7-14-3-5-15(11-18)6-4-14/h3-6,9-10,13,16H,7-8,12H2,1-2H3,(H,21,23). The fourth-order valence-electron chi connectivity index (χ4n) is 2.22. The van der Waals surface area contributed by atoms with E-state index < -0.39 is 0 Å². The lowest BCUT2D eigenvalue weighted by Gasteiger charge is -2.21. The molecule has 0 spiro atoms. The summed E-state index contributed by atoms with van der Waals surface area (Å²) in [6.45, 7) is 4.69. The minimum absolute atomic E-state index is 0.00383. The average molecular weight is 311 g/mol. The molecule has 6 nitrogen and oxygen atoms in total. The molecule has 23 heavy (non-hydrogen) atoms. The summed E-state index contributed by atoms with van der Waals surface area (Å²) in [7, 11) is 0. The van der Waals surface area contributed by atoms with Crippen molar-refractivity contribution < 1.29 is 4.79 Å². The zero-order chi connectivity index (χ0) is 16.7. The zero-order valence-electron chi connectivity index (χ0n) is 13.4. The second-order valence-electron chi connectivity index (χ2n) is 5.81. The van der Waals surface area contributed by atoms with E-state index in [1.54, 1.807) is 29.3 Å². The number of benzene rings is 1. The number of aromatic nitrogens is 3. The fourth-order valence-corrected chi connectivity index (χ4v) is 2.22. The van der Waals surface area contributed by atoms with Crippen LogP contribution in [0, 0.1) is 17.2 Å². The first kappa shape index (κ1) is 16.7. The zero-order valence-corrected chi connectivity index (χ0v) is 13.4. The van der Waals surface area contributed by atoms with E-state index >= 15 is 0 Å². The second-order valence-corrected chi connectivity index (χ2v) is 5.81. The molecule has 0 aliphatic heterocycles. The molecule has 0 bridgehead atoms. The molecule has 6 heteroatoms. The number of hydrogen-bond donors (Lipinski definition) is 1. The highest BCUT2D eigenvalue weighted by Gasteiger charge is 2.17. The van der Waals surface area contributed by atoms with Crippen LogP contribution in [0.15, 0.2) is 36.7 Å². The number of carbonyl (C=O) groups excluding carboxylic acids is 1. The van der Waals surface area contributed by atoms with Crippen molar-refractivity contribution in [1.29, 1.82) is 5.26 Å². The van der Waals surface area contributed by atoms with Crippen molar-refractivity contribution in [2.24, 2.45) is 5.92 Å². The lowest BCUT2D eigenvalue weighted by Crippen LogP contribution is -2.42. The first-order chi connectivity index (χ1) is 11.1. The normalized spacial score (nSPS) is 11.9. The van der Waals surface area contributed by atoms with Crippen LogP contribution in [-0.4, -0.2) is 26.9 Å². The van der Waals surface area contributed by atoms with Crippen LogP contribution in [0.5, 0.6) is 0 Å². The molecule has 0 aliphatic rings. The van der Waals surface area contributed by atoms with E-state index in [1.807, 2.05) is 12.1 Å². The summed E-state index contributed by atoms with van der Waals surface area (Å²) in [4.78, 5) is 13.8. The number of carbonyl (C=O) groups is 1. The molecule has 1 amide bonds. The van der Waals surface area contributed by atoms with E-state index in [0.29, 0.717) is 30.9 Å². The minimum Gasteiger partial charge on any atom is -0.351 e. The Morgan fingerprint density at radius 3 is 2.48 bits per heavy atom. The molecule has 120 valence electrons. The van der Waals surface area contributed by atoms with Gasteiger partial charge >= 0.3 is 0 Å². The third-order valence-electron chi connectivity index (χ3n) is 3.70. The maximum atomic E-state index is 12.2. The Morgan fingerprint density at radius 1 is 1.26 bits per heavy atom. The van der Waals surface area contributed by atoms with Gasteiger partial charge in [0.15, 0.2) is 0 Å². The number of amides is 1. The smallest absolute Gasteiger partial charge is 0.220 e. The molecule has 1 heterocycles. The van der Waals surface area contributed by atoms with Gasteiger partial charge in [-0.2, -0.15) is 20.3 Å². The lowest BCUT2D eigenvalue weighted by atomic mass is 10.0. The lowest BCUT2D eigenvalue weighted by molar-refractivity contribution is -0.122. The van der Waals surface area contributed by atoms with Crippen LogP contribution in [0.25, 0.3) is 0 Å². The molecule has 2 rings (SSSR count). The Balaban J connectivity index is 1.85. The van der Waals surface area contributed by atoms with Crippen LogP contribution in [0.4, 0.5) is 0 Å². The van der Waals surface area contributed by atoms with Gasteiger partial charge in [-0.15, -0.1) is 0 Å². The SMILES string of the molecule is CC(C)C(Cn1nccn1)NC(=O)CCc1ccc(C#N)cc1. The molecule has 0 radical (unpaired) electrons. The average Bonchev–Trinajstić information content (AvgIpc) is 3.06. The van der Waals surface area contributed by atoms with Crippen molar-refractivity contribution in [3.05, 3.63) is 47.8 Å². The van der Waals surface area contributed by atoms with Crippen molar-refractivity contribution in [1.82, 2.24) is 20.3 Å². The van der Waals surface area contributed by atoms with Crippen molar-refractivity contribution in [3.8, 4) is 6.07 Å². The Labute approximate surface area is 136 Å². The Hall–Kier alpha value is -2.68. The van der Waals surface area contributed by atoms with Gasteiger partial charge in [-0.25, -0.2) is 0 Å². The van der Waals surface area contributed by atoms with Crippen LogP contribution in [0.2, 0.25) is 0 Å². The summed E-state index contributed by atoms with van der Waals surface area (Å²) in [6, 6.07) is 9.40. The highest BCUT2D eigenvalue weighted by Crippen LogP contribution is 2.08. The van der Waals surface area contributed by atoms with Gasteiger partial charge in [0.05, 0.1) is 36.6 Å². The number of hydrogen-bond acceptors (Lipinski definition) is 4. The molecular formula is C17H21N5O. The number of aryl methyl sites for hydroxylation is 1. The van der Waals surface area contributed by atoms with E-state index in [4.69, 9.17) is 5.26 Å². The highest BCUT2D eigenvalue weighted by molar-refractivity contribution is 5.76. The summed E-state index contributed by atoms with van der Waals surface area (Å²) >= 11 is 0. The number of rotatable bonds is 7. The van der Waals surface area contributed by atoms with Crippen LogP contribution < -0.4 is 5.32 Å². The largest absolute Gasteiger partial charge is 0.351 e. The molecule has 0 fully saturated rings. The molecule has 0 aliphatic carbocycles. The van der Waals surface area contributed by atoms with Crippen molar-refractivity contribution in [3.63, 3.8) is 0 Å². The van der Waals surface area contributed by atoms with Gasteiger partial charge in [0.1, 0.15) is 0 Å². The van der Waals surface area contributed by atoms with Crippen LogP contribution in [0.1, 0.15) is 31.4 Å². The number of nitriles is 1. The number of nitrogens with one attached hydrogen (secondary N) is 1. The Kier molecular flexibility index (Phi) is 5.87. The Morgan fingerprint density at radius 2 is 1.91 bits per heavy atom. The van der Waals surface area contributed by atoms with Gasteiger partial charge in [0.2, 0.25) is 5.91 Å². The summed E-state index contributed by atoms with van der Waals surface area (Å²) in [6.07, 6.45) is 4.33. The topological polar surface area (TPSA) is 83.6 Å². The van der Waals surface area contributed by atoms with Gasteiger partial charge in [-0.3, -0.25) is 4.79 Å². The maximum absolute atomic E-state index is 12.2. The molecule has 1 aromatic heterocycles. The predicted octanol–water partition coefficient (Wildman–Crippen LogP) is 1.92. The van der Waals surface area contributed by atoms with Gasteiger partial charge in [0, 0.05) is 6.42 Å². The number of nitrogens with zero attached hydrogens (tertiary/aromatic N) is 4. The molecule has 0 saturated heterocycles. The second kappa shape index (κ2) is 8.08. The van der Waals surface area contributed by atoms with Gasteiger partial charge in [0.25, 0.3) is 0 Å². The Bertz CT molecular complexity index is 655. The monoisotopic (exact) mass is 311 g/mol. The van der Waals surface area contributed by atoms with E-state index in [2.05, 4.69) is 35.4 Å². The summed E-state index contributed by atoms with van der Waals surface area (Å²) in [5, 5.41) is 20.0. The van der Waals surface area contributed by atoms with Crippen LogP contribution in [-0.2, 0) is 17.8 Å². The molecule has 1 unspecified atom stereocenters. The van der Waals surface area contributed by atoms with Crippen molar-refractivity contribution in [2.75, 3.05) is 0 Å². The summed E-state index contributed by atoms with van der Waals surface area (Å²) in [5.74, 6) is 0.306. The quantitative estimate of drug-likeness (QED) is 0.846. The maximum Gasteiger partial charge on any atom is 0.220 e. The third-order valence-corrected chi connectivity index (χ3v) is 3.70. The summed E-state index contributed by atoms with van der Waals surface area (Å²) < 4.78 is 0.